The monoisotopic (exact) mass is 373 g/mol. The lowest BCUT2D eigenvalue weighted by Crippen LogP contribution is -2.34. The quantitative estimate of drug-likeness (QED) is 0.331. The summed E-state index contributed by atoms with van der Waals surface area (Å²) in [6.45, 7) is 2.64. The molecular weight excluding hydrogens is 354 g/mol. The van der Waals surface area contributed by atoms with Gasteiger partial charge in [0.2, 0.25) is 0 Å². The van der Waals surface area contributed by atoms with Crippen LogP contribution in [0.2, 0.25) is 0 Å². The summed E-state index contributed by atoms with van der Waals surface area (Å²) in [6, 6.07) is 12.9. The Morgan fingerprint density at radius 3 is 2.62 bits per heavy atom. The molecule has 2 rings (SSSR count). The SMILES string of the molecule is CCCCOc1ccccc1NC(=S)NC(=O)c1ccccc1[N+](=O)[O-]. The van der Waals surface area contributed by atoms with Crippen LogP contribution in [0.25, 0.3) is 0 Å². The smallest absolute Gasteiger partial charge is 0.282 e. The average Bonchev–Trinajstić information content (AvgIpc) is 2.63. The molecule has 8 heteroatoms. The van der Waals surface area contributed by atoms with Crippen molar-refractivity contribution in [1.29, 1.82) is 0 Å². The molecule has 0 saturated carbocycles. The highest BCUT2D eigenvalue weighted by molar-refractivity contribution is 7.80. The van der Waals surface area contributed by atoms with E-state index in [9.17, 15) is 14.9 Å². The molecule has 0 unspecified atom stereocenters. The lowest BCUT2D eigenvalue weighted by Gasteiger charge is -2.14. The molecule has 0 fully saturated rings. The number of amides is 1. The van der Waals surface area contributed by atoms with Crippen LogP contribution in [-0.2, 0) is 0 Å². The maximum Gasteiger partial charge on any atom is 0.282 e. The van der Waals surface area contributed by atoms with Gasteiger partial charge in [-0.15, -0.1) is 0 Å². The van der Waals surface area contributed by atoms with Crippen LogP contribution in [-0.4, -0.2) is 22.5 Å². The zero-order valence-corrected chi connectivity index (χ0v) is 15.0. The number of rotatable bonds is 7. The Hall–Kier alpha value is -3.00. The Balaban J connectivity index is 2.05. The van der Waals surface area contributed by atoms with Crippen molar-refractivity contribution in [1.82, 2.24) is 5.32 Å². The summed E-state index contributed by atoms with van der Waals surface area (Å²) in [5.41, 5.74) is 0.265. The maximum atomic E-state index is 12.3. The molecular formula is C18H19N3O4S. The van der Waals surface area contributed by atoms with Gasteiger partial charge >= 0.3 is 0 Å². The van der Waals surface area contributed by atoms with Gasteiger partial charge in [0.1, 0.15) is 11.3 Å². The number of nitro benzene ring substituents is 1. The van der Waals surface area contributed by atoms with Crippen molar-refractivity contribution in [2.24, 2.45) is 0 Å². The second kappa shape index (κ2) is 9.47. The summed E-state index contributed by atoms with van der Waals surface area (Å²) in [6.07, 6.45) is 1.94. The molecule has 0 spiro atoms. The van der Waals surface area contributed by atoms with Gasteiger partial charge in [0.15, 0.2) is 5.11 Å². The molecule has 0 heterocycles. The normalized spacial score (nSPS) is 10.0. The van der Waals surface area contributed by atoms with Crippen LogP contribution in [0.1, 0.15) is 30.1 Å². The summed E-state index contributed by atoms with van der Waals surface area (Å²) in [4.78, 5) is 22.7. The first kappa shape index (κ1) is 19.3. The van der Waals surface area contributed by atoms with E-state index in [-0.39, 0.29) is 16.4 Å². The minimum absolute atomic E-state index is 0.0275. The number of nitrogens with zero attached hydrogens (tertiary/aromatic N) is 1. The van der Waals surface area contributed by atoms with Crippen molar-refractivity contribution in [2.45, 2.75) is 19.8 Å². The number of unbranched alkanes of at least 4 members (excludes halogenated alkanes) is 1. The number of carbonyl (C=O) groups excluding carboxylic acids is 1. The molecule has 2 N–H and O–H groups in total. The predicted octanol–water partition coefficient (Wildman–Crippen LogP) is 3.90. The van der Waals surface area contributed by atoms with E-state index in [1.54, 1.807) is 18.2 Å². The van der Waals surface area contributed by atoms with Crippen LogP contribution in [0.4, 0.5) is 11.4 Å². The molecule has 2 aromatic carbocycles. The number of benzene rings is 2. The van der Waals surface area contributed by atoms with E-state index in [0.717, 1.165) is 12.8 Å². The summed E-state index contributed by atoms with van der Waals surface area (Å²) in [5, 5.41) is 16.4. The van der Waals surface area contributed by atoms with Crippen molar-refractivity contribution < 1.29 is 14.5 Å². The molecule has 0 atom stereocenters. The highest BCUT2D eigenvalue weighted by atomic mass is 32.1. The highest BCUT2D eigenvalue weighted by Gasteiger charge is 2.20. The first-order valence-electron chi connectivity index (χ1n) is 8.10. The van der Waals surface area contributed by atoms with Crippen LogP contribution in [0.15, 0.2) is 48.5 Å². The molecule has 0 bridgehead atoms. The summed E-state index contributed by atoms with van der Waals surface area (Å²) < 4.78 is 5.69. The number of hydrogen-bond donors (Lipinski definition) is 2. The van der Waals surface area contributed by atoms with E-state index in [1.165, 1.54) is 18.2 Å². The zero-order valence-electron chi connectivity index (χ0n) is 14.2. The third-order valence-corrected chi connectivity index (χ3v) is 3.67. The highest BCUT2D eigenvalue weighted by Crippen LogP contribution is 2.24. The fourth-order valence-corrected chi connectivity index (χ4v) is 2.37. The number of para-hydroxylation sites is 3. The van der Waals surface area contributed by atoms with Crippen molar-refractivity contribution in [3.63, 3.8) is 0 Å². The Bertz CT molecular complexity index is 811. The van der Waals surface area contributed by atoms with Crippen molar-refractivity contribution in [2.75, 3.05) is 11.9 Å². The molecule has 1 amide bonds. The number of ether oxygens (including phenoxy) is 1. The van der Waals surface area contributed by atoms with Gasteiger partial charge in [-0.1, -0.05) is 37.6 Å². The van der Waals surface area contributed by atoms with E-state index in [2.05, 4.69) is 17.6 Å². The van der Waals surface area contributed by atoms with Crippen molar-refractivity contribution >= 4 is 34.6 Å². The van der Waals surface area contributed by atoms with E-state index in [4.69, 9.17) is 17.0 Å². The maximum absolute atomic E-state index is 12.3. The van der Waals surface area contributed by atoms with Crippen LogP contribution >= 0.6 is 12.2 Å². The van der Waals surface area contributed by atoms with Gasteiger partial charge in [0, 0.05) is 6.07 Å². The molecule has 136 valence electrons. The van der Waals surface area contributed by atoms with E-state index in [0.29, 0.717) is 18.0 Å². The Morgan fingerprint density at radius 1 is 1.19 bits per heavy atom. The van der Waals surface area contributed by atoms with Crippen LogP contribution < -0.4 is 15.4 Å². The lowest BCUT2D eigenvalue weighted by molar-refractivity contribution is -0.385. The van der Waals surface area contributed by atoms with Gasteiger partial charge in [-0.05, 0) is 36.8 Å². The first-order valence-corrected chi connectivity index (χ1v) is 8.51. The Morgan fingerprint density at radius 2 is 1.88 bits per heavy atom. The van der Waals surface area contributed by atoms with Gasteiger partial charge in [-0.2, -0.15) is 0 Å². The summed E-state index contributed by atoms with van der Waals surface area (Å²) >= 11 is 5.15. The fourth-order valence-electron chi connectivity index (χ4n) is 2.17. The number of anilines is 1. The lowest BCUT2D eigenvalue weighted by atomic mass is 10.1. The first-order chi connectivity index (χ1) is 12.5. The van der Waals surface area contributed by atoms with Gasteiger partial charge < -0.3 is 10.1 Å². The number of thiocarbonyl (C=S) groups is 1. The zero-order chi connectivity index (χ0) is 18.9. The predicted molar refractivity (Wildman–Crippen MR) is 104 cm³/mol. The van der Waals surface area contributed by atoms with Gasteiger partial charge in [-0.3, -0.25) is 20.2 Å². The molecule has 0 aliphatic carbocycles. The van der Waals surface area contributed by atoms with Crippen molar-refractivity contribution in [3.05, 3.63) is 64.2 Å². The third kappa shape index (κ3) is 5.25. The molecule has 0 radical (unpaired) electrons. The van der Waals surface area contributed by atoms with Gasteiger partial charge in [0.25, 0.3) is 11.6 Å². The van der Waals surface area contributed by atoms with E-state index >= 15 is 0 Å². The third-order valence-electron chi connectivity index (χ3n) is 3.46. The number of nitro groups is 1. The van der Waals surface area contributed by atoms with E-state index < -0.39 is 10.8 Å². The Kier molecular flexibility index (Phi) is 7.04. The summed E-state index contributed by atoms with van der Waals surface area (Å²) in [5.74, 6) is -0.0394. The standard InChI is InChI=1S/C18H19N3O4S/c1-2-3-12-25-16-11-7-5-9-14(16)19-18(26)20-17(22)13-8-4-6-10-15(13)21(23)24/h4-11H,2-3,12H2,1H3,(H2,19,20,22,26). The van der Waals surface area contributed by atoms with Crippen molar-refractivity contribution in [3.8, 4) is 5.75 Å². The van der Waals surface area contributed by atoms with E-state index in [1.807, 2.05) is 12.1 Å². The molecule has 0 aliphatic rings. The topological polar surface area (TPSA) is 93.5 Å². The Labute approximate surface area is 156 Å². The van der Waals surface area contributed by atoms with Crippen LogP contribution in [0, 0.1) is 10.1 Å². The minimum atomic E-state index is -0.654. The fraction of sp³-hybridized carbons (Fsp3) is 0.222. The number of hydrogen-bond acceptors (Lipinski definition) is 5. The second-order valence-electron chi connectivity index (χ2n) is 5.38. The molecule has 0 aliphatic heterocycles. The molecule has 0 aromatic heterocycles. The largest absolute Gasteiger partial charge is 0.491 e. The number of carbonyl (C=O) groups is 1. The van der Waals surface area contributed by atoms with Crippen LogP contribution in [0.3, 0.4) is 0 Å². The second-order valence-corrected chi connectivity index (χ2v) is 5.79. The average molecular weight is 373 g/mol. The van der Waals surface area contributed by atoms with Gasteiger partial charge in [0.05, 0.1) is 17.2 Å². The molecule has 26 heavy (non-hydrogen) atoms. The summed E-state index contributed by atoms with van der Waals surface area (Å²) in [7, 11) is 0. The van der Waals surface area contributed by atoms with Gasteiger partial charge in [-0.25, -0.2) is 0 Å². The number of nitrogens with one attached hydrogen (secondary N) is 2. The van der Waals surface area contributed by atoms with Crippen LogP contribution in [0.5, 0.6) is 5.75 Å². The minimum Gasteiger partial charge on any atom is -0.491 e. The molecule has 0 saturated heterocycles. The molecule has 2 aromatic rings. The molecule has 7 nitrogen and oxygen atoms in total.